The Kier molecular flexibility index (Phi) is 7.03. The van der Waals surface area contributed by atoms with Crippen molar-refractivity contribution in [2.75, 3.05) is 19.8 Å². The highest BCUT2D eigenvalue weighted by Gasteiger charge is 2.12. The van der Waals surface area contributed by atoms with Gasteiger partial charge in [0.15, 0.2) is 0 Å². The highest BCUT2D eigenvalue weighted by atomic mass is 16.5. The average molecular weight is 279 g/mol. The van der Waals surface area contributed by atoms with Gasteiger partial charge in [-0.3, -0.25) is 0 Å². The summed E-state index contributed by atoms with van der Waals surface area (Å²) in [6.45, 7) is 10.0. The van der Waals surface area contributed by atoms with Gasteiger partial charge < -0.3 is 15.6 Å². The summed E-state index contributed by atoms with van der Waals surface area (Å²) in [4.78, 5) is 0. The fraction of sp³-hybridized carbons (Fsp3) is 0.647. The second-order valence-electron chi connectivity index (χ2n) is 6.22. The Balaban J connectivity index is 2.88. The number of hydrogen-bond acceptors (Lipinski definition) is 3. The van der Waals surface area contributed by atoms with Crippen LogP contribution in [0.4, 0.5) is 0 Å². The first-order chi connectivity index (χ1) is 9.47. The van der Waals surface area contributed by atoms with E-state index in [1.54, 1.807) is 0 Å². The van der Waals surface area contributed by atoms with Gasteiger partial charge in [-0.15, -0.1) is 0 Å². The minimum atomic E-state index is 0.137. The van der Waals surface area contributed by atoms with Crippen molar-refractivity contribution < 1.29 is 9.84 Å². The molecule has 1 unspecified atom stereocenters. The second kappa shape index (κ2) is 8.28. The molecular formula is C17H29NO2. The normalized spacial score (nSPS) is 13.0. The molecule has 0 saturated heterocycles. The molecule has 1 rings (SSSR count). The molecule has 0 saturated carbocycles. The van der Waals surface area contributed by atoms with E-state index in [-0.39, 0.29) is 12.5 Å². The molecule has 3 nitrogen and oxygen atoms in total. The molecule has 0 aliphatic rings. The standard InChI is InChI=1S/C17H29NO2/c1-12(2)11-20-17-6-5-14(7-15(9-18)10-19)8-16(17)13(3)4/h5-6,8,12-13,15,19H,7,9-11,18H2,1-4H3. The van der Waals surface area contributed by atoms with Crippen molar-refractivity contribution >= 4 is 0 Å². The summed E-state index contributed by atoms with van der Waals surface area (Å²) < 4.78 is 5.90. The van der Waals surface area contributed by atoms with E-state index in [1.165, 1.54) is 11.1 Å². The number of nitrogens with two attached hydrogens (primary N) is 1. The molecule has 0 radical (unpaired) electrons. The van der Waals surface area contributed by atoms with Crippen molar-refractivity contribution in [2.45, 2.75) is 40.0 Å². The van der Waals surface area contributed by atoms with Gasteiger partial charge in [-0.25, -0.2) is 0 Å². The third kappa shape index (κ3) is 5.14. The summed E-state index contributed by atoms with van der Waals surface area (Å²) in [5.74, 6) is 2.05. The third-order valence-corrected chi connectivity index (χ3v) is 3.38. The maximum absolute atomic E-state index is 9.26. The van der Waals surface area contributed by atoms with E-state index in [0.717, 1.165) is 18.8 Å². The second-order valence-corrected chi connectivity index (χ2v) is 6.22. The molecule has 1 aromatic carbocycles. The van der Waals surface area contributed by atoms with Gasteiger partial charge in [-0.2, -0.15) is 0 Å². The first-order valence-corrected chi connectivity index (χ1v) is 7.54. The Labute approximate surface area is 123 Å². The van der Waals surface area contributed by atoms with Crippen LogP contribution >= 0.6 is 0 Å². The zero-order valence-electron chi connectivity index (χ0n) is 13.2. The highest BCUT2D eigenvalue weighted by molar-refractivity contribution is 5.39. The lowest BCUT2D eigenvalue weighted by atomic mass is 9.94. The van der Waals surface area contributed by atoms with Crippen LogP contribution in [0.5, 0.6) is 5.75 Å². The Morgan fingerprint density at radius 2 is 1.90 bits per heavy atom. The van der Waals surface area contributed by atoms with Crippen LogP contribution in [-0.4, -0.2) is 24.9 Å². The van der Waals surface area contributed by atoms with Crippen LogP contribution in [-0.2, 0) is 6.42 Å². The van der Waals surface area contributed by atoms with Crippen LogP contribution in [0.3, 0.4) is 0 Å². The van der Waals surface area contributed by atoms with Gasteiger partial charge in [-0.1, -0.05) is 39.8 Å². The van der Waals surface area contributed by atoms with Gasteiger partial charge in [0.25, 0.3) is 0 Å². The molecule has 1 aromatic rings. The van der Waals surface area contributed by atoms with E-state index in [0.29, 0.717) is 18.4 Å². The number of aliphatic hydroxyl groups is 1. The SMILES string of the molecule is CC(C)COc1ccc(CC(CN)CO)cc1C(C)C. The van der Waals surface area contributed by atoms with E-state index >= 15 is 0 Å². The van der Waals surface area contributed by atoms with Gasteiger partial charge in [0, 0.05) is 6.61 Å². The molecule has 0 aromatic heterocycles. The maximum Gasteiger partial charge on any atom is 0.122 e. The molecule has 0 bridgehead atoms. The van der Waals surface area contributed by atoms with Crippen LogP contribution < -0.4 is 10.5 Å². The molecule has 3 heteroatoms. The first kappa shape index (κ1) is 17.0. The van der Waals surface area contributed by atoms with Crippen LogP contribution in [0, 0.1) is 11.8 Å². The lowest BCUT2D eigenvalue weighted by Gasteiger charge is -2.18. The smallest absolute Gasteiger partial charge is 0.122 e. The Morgan fingerprint density at radius 1 is 1.20 bits per heavy atom. The molecule has 0 amide bonds. The largest absolute Gasteiger partial charge is 0.493 e. The molecule has 0 fully saturated rings. The minimum absolute atomic E-state index is 0.137. The minimum Gasteiger partial charge on any atom is -0.493 e. The molecule has 20 heavy (non-hydrogen) atoms. The maximum atomic E-state index is 9.26. The number of aliphatic hydroxyl groups excluding tert-OH is 1. The summed E-state index contributed by atoms with van der Waals surface area (Å²) in [7, 11) is 0. The van der Waals surface area contributed by atoms with Crippen molar-refractivity contribution in [2.24, 2.45) is 17.6 Å². The van der Waals surface area contributed by atoms with Gasteiger partial charge in [0.2, 0.25) is 0 Å². The summed E-state index contributed by atoms with van der Waals surface area (Å²) in [5.41, 5.74) is 8.11. The van der Waals surface area contributed by atoms with Gasteiger partial charge >= 0.3 is 0 Å². The molecule has 3 N–H and O–H groups in total. The molecule has 0 heterocycles. The summed E-state index contributed by atoms with van der Waals surface area (Å²) in [6, 6.07) is 6.33. The van der Waals surface area contributed by atoms with Crippen LogP contribution in [0.25, 0.3) is 0 Å². The fourth-order valence-corrected chi connectivity index (χ4v) is 2.12. The van der Waals surface area contributed by atoms with Gasteiger partial charge in [-0.05, 0) is 47.9 Å². The topological polar surface area (TPSA) is 55.5 Å². The number of benzene rings is 1. The number of hydrogen-bond donors (Lipinski definition) is 2. The molecule has 0 aliphatic carbocycles. The van der Waals surface area contributed by atoms with Crippen molar-refractivity contribution in [1.29, 1.82) is 0 Å². The van der Waals surface area contributed by atoms with E-state index in [1.807, 2.05) is 0 Å². The number of ether oxygens (including phenoxy) is 1. The van der Waals surface area contributed by atoms with Crippen molar-refractivity contribution in [3.05, 3.63) is 29.3 Å². The van der Waals surface area contributed by atoms with Crippen LogP contribution in [0.2, 0.25) is 0 Å². The van der Waals surface area contributed by atoms with Crippen molar-refractivity contribution in [3.63, 3.8) is 0 Å². The first-order valence-electron chi connectivity index (χ1n) is 7.54. The summed E-state index contributed by atoms with van der Waals surface area (Å²) >= 11 is 0. The number of rotatable bonds is 8. The predicted molar refractivity (Wildman–Crippen MR) is 84.2 cm³/mol. The highest BCUT2D eigenvalue weighted by Crippen LogP contribution is 2.28. The average Bonchev–Trinajstić information content (AvgIpc) is 2.42. The zero-order chi connectivity index (χ0) is 15.1. The quantitative estimate of drug-likeness (QED) is 0.769. The van der Waals surface area contributed by atoms with Crippen molar-refractivity contribution in [1.82, 2.24) is 0 Å². The Morgan fingerprint density at radius 3 is 2.40 bits per heavy atom. The molecule has 114 valence electrons. The van der Waals surface area contributed by atoms with Crippen LogP contribution in [0.15, 0.2) is 18.2 Å². The van der Waals surface area contributed by atoms with Gasteiger partial charge in [0.1, 0.15) is 5.75 Å². The van der Waals surface area contributed by atoms with Crippen molar-refractivity contribution in [3.8, 4) is 5.75 Å². The molecule has 0 spiro atoms. The van der Waals surface area contributed by atoms with E-state index in [4.69, 9.17) is 10.5 Å². The Hall–Kier alpha value is -1.06. The van der Waals surface area contributed by atoms with Crippen LogP contribution in [0.1, 0.15) is 44.7 Å². The van der Waals surface area contributed by atoms with Gasteiger partial charge in [0.05, 0.1) is 6.61 Å². The predicted octanol–water partition coefficient (Wildman–Crippen LogP) is 2.95. The molecule has 1 atom stereocenters. The lowest BCUT2D eigenvalue weighted by Crippen LogP contribution is -2.20. The molecular weight excluding hydrogens is 250 g/mol. The van der Waals surface area contributed by atoms with E-state index in [9.17, 15) is 5.11 Å². The molecule has 0 aliphatic heterocycles. The fourth-order valence-electron chi connectivity index (χ4n) is 2.12. The lowest BCUT2D eigenvalue weighted by molar-refractivity contribution is 0.229. The summed E-state index contributed by atoms with van der Waals surface area (Å²) in [5, 5.41) is 9.26. The van der Waals surface area contributed by atoms with E-state index in [2.05, 4.69) is 45.9 Å². The summed E-state index contributed by atoms with van der Waals surface area (Å²) in [6.07, 6.45) is 0.817. The Bertz CT molecular complexity index is 398. The van der Waals surface area contributed by atoms with E-state index < -0.39 is 0 Å². The monoisotopic (exact) mass is 279 g/mol. The third-order valence-electron chi connectivity index (χ3n) is 3.38. The zero-order valence-corrected chi connectivity index (χ0v) is 13.2.